The fourth-order valence-corrected chi connectivity index (χ4v) is 5.22. The molecule has 1 N–H and O–H groups in total. The normalized spacial score (nSPS) is 19.0. The number of nitrogens with one attached hydrogen (secondary N) is 1. The quantitative estimate of drug-likeness (QED) is 0.559. The van der Waals surface area contributed by atoms with E-state index < -0.39 is 21.6 Å². The van der Waals surface area contributed by atoms with E-state index >= 15 is 0 Å². The average Bonchev–Trinajstić information content (AvgIpc) is 3.22. The molecule has 3 aromatic rings. The molecule has 0 bridgehead atoms. The first-order valence-corrected chi connectivity index (χ1v) is 12.1. The second kappa shape index (κ2) is 7.96. The van der Waals surface area contributed by atoms with Crippen LogP contribution in [-0.4, -0.2) is 53.2 Å². The number of carbonyl (C=O) groups excluding carboxylic acids is 2. The molecule has 1 atom stereocenters. The number of hydrogen-bond acceptors (Lipinski definition) is 5. The SMILES string of the molecule is CCn1c(CN2C(=O)NC(C)(c3ccccc3C)C2=O)nc2cc(S(=O)(=O)N(C)C)ccc21. The number of sulfonamides is 1. The maximum atomic E-state index is 13.4. The van der Waals surface area contributed by atoms with E-state index in [1.807, 2.05) is 42.7 Å². The van der Waals surface area contributed by atoms with Crippen LogP contribution in [0.4, 0.5) is 4.79 Å². The van der Waals surface area contributed by atoms with Gasteiger partial charge in [0, 0.05) is 20.6 Å². The van der Waals surface area contributed by atoms with Crippen LogP contribution in [0.1, 0.15) is 30.8 Å². The van der Waals surface area contributed by atoms with Crippen LogP contribution in [0.25, 0.3) is 11.0 Å². The third kappa shape index (κ3) is 3.59. The molecule has 2 heterocycles. The van der Waals surface area contributed by atoms with Crippen LogP contribution in [0.2, 0.25) is 0 Å². The van der Waals surface area contributed by atoms with Gasteiger partial charge in [-0.25, -0.2) is 22.5 Å². The zero-order valence-corrected chi connectivity index (χ0v) is 20.1. The minimum Gasteiger partial charge on any atom is -0.327 e. The molecule has 0 saturated carbocycles. The van der Waals surface area contributed by atoms with Gasteiger partial charge in [-0.15, -0.1) is 0 Å². The first-order valence-electron chi connectivity index (χ1n) is 10.6. The number of hydrogen-bond donors (Lipinski definition) is 1. The van der Waals surface area contributed by atoms with Crippen LogP contribution in [0, 0.1) is 6.92 Å². The van der Waals surface area contributed by atoms with Gasteiger partial charge >= 0.3 is 6.03 Å². The van der Waals surface area contributed by atoms with Gasteiger partial charge in [0.15, 0.2) is 0 Å². The van der Waals surface area contributed by atoms with Crippen LogP contribution in [0.5, 0.6) is 0 Å². The van der Waals surface area contributed by atoms with Gasteiger partial charge in [0.25, 0.3) is 5.91 Å². The van der Waals surface area contributed by atoms with E-state index in [1.165, 1.54) is 26.2 Å². The number of carbonyl (C=O) groups is 2. The molecule has 3 amide bonds. The minimum atomic E-state index is -3.61. The molecule has 1 unspecified atom stereocenters. The fourth-order valence-electron chi connectivity index (χ4n) is 4.30. The van der Waals surface area contributed by atoms with Crippen molar-refractivity contribution < 1.29 is 18.0 Å². The number of aryl methyl sites for hydroxylation is 2. The summed E-state index contributed by atoms with van der Waals surface area (Å²) in [4.78, 5) is 32.1. The molecule has 1 aliphatic heterocycles. The first-order chi connectivity index (χ1) is 15.5. The van der Waals surface area contributed by atoms with Crippen molar-refractivity contribution in [2.24, 2.45) is 0 Å². The zero-order chi connectivity index (χ0) is 24.1. The molecule has 174 valence electrons. The standard InChI is InChI=1S/C23H27N5O4S/c1-6-27-19-12-11-16(33(31,32)26(4)5)13-18(19)24-20(27)14-28-21(29)23(3,25-22(28)30)17-10-8-7-9-15(17)2/h7-13H,6,14H2,1-5H3,(H,25,30). The topological polar surface area (TPSA) is 105 Å². The molecule has 1 aromatic heterocycles. The van der Waals surface area contributed by atoms with Crippen LogP contribution in [0.3, 0.4) is 0 Å². The van der Waals surface area contributed by atoms with E-state index in [1.54, 1.807) is 13.0 Å². The lowest BCUT2D eigenvalue weighted by atomic mass is 9.88. The van der Waals surface area contributed by atoms with Crippen molar-refractivity contribution in [2.75, 3.05) is 14.1 Å². The van der Waals surface area contributed by atoms with Gasteiger partial charge in [0.05, 0.1) is 22.5 Å². The predicted molar refractivity (Wildman–Crippen MR) is 124 cm³/mol. The van der Waals surface area contributed by atoms with Crippen LogP contribution in [0.15, 0.2) is 47.4 Å². The summed E-state index contributed by atoms with van der Waals surface area (Å²) in [5.74, 6) is 0.150. The van der Waals surface area contributed by atoms with Gasteiger partial charge in [-0.3, -0.25) is 9.69 Å². The molecule has 1 saturated heterocycles. The highest BCUT2D eigenvalue weighted by Gasteiger charge is 2.49. The Kier molecular flexibility index (Phi) is 5.53. The summed E-state index contributed by atoms with van der Waals surface area (Å²) in [6.07, 6.45) is 0. The number of amides is 3. The molecule has 0 radical (unpaired) electrons. The molecule has 2 aromatic carbocycles. The van der Waals surface area contributed by atoms with Gasteiger partial charge in [-0.05, 0) is 50.1 Å². The number of fused-ring (bicyclic) bond motifs is 1. The van der Waals surface area contributed by atoms with Crippen molar-refractivity contribution in [1.82, 2.24) is 24.1 Å². The number of imidazole rings is 1. The van der Waals surface area contributed by atoms with Crippen LogP contribution < -0.4 is 5.32 Å². The summed E-state index contributed by atoms with van der Waals surface area (Å²) in [5, 5.41) is 2.84. The Morgan fingerprint density at radius 1 is 1.12 bits per heavy atom. The Labute approximate surface area is 193 Å². The third-order valence-electron chi connectivity index (χ3n) is 6.15. The molecule has 1 fully saturated rings. The number of aromatic nitrogens is 2. The number of imide groups is 1. The van der Waals surface area contributed by atoms with Crippen LogP contribution in [-0.2, 0) is 33.4 Å². The van der Waals surface area contributed by atoms with E-state index in [9.17, 15) is 18.0 Å². The number of rotatable bonds is 6. The fraction of sp³-hybridized carbons (Fsp3) is 0.348. The molecule has 9 nitrogen and oxygen atoms in total. The minimum absolute atomic E-state index is 0.0234. The Hall–Kier alpha value is -3.24. The van der Waals surface area contributed by atoms with Crippen LogP contribution >= 0.6 is 0 Å². The van der Waals surface area contributed by atoms with Crippen molar-refractivity contribution in [3.05, 3.63) is 59.4 Å². The van der Waals surface area contributed by atoms with E-state index in [0.717, 1.165) is 25.8 Å². The van der Waals surface area contributed by atoms with Crippen molar-refractivity contribution in [3.8, 4) is 0 Å². The van der Waals surface area contributed by atoms with Gasteiger partial charge in [-0.2, -0.15) is 0 Å². The highest BCUT2D eigenvalue weighted by Crippen LogP contribution is 2.32. The van der Waals surface area contributed by atoms with E-state index in [4.69, 9.17) is 0 Å². The maximum Gasteiger partial charge on any atom is 0.325 e. The Bertz CT molecular complexity index is 1380. The lowest BCUT2D eigenvalue weighted by Crippen LogP contribution is -2.41. The van der Waals surface area contributed by atoms with Crippen molar-refractivity contribution >= 4 is 33.0 Å². The molecule has 1 aliphatic rings. The van der Waals surface area contributed by atoms with E-state index in [0.29, 0.717) is 17.9 Å². The molecule has 10 heteroatoms. The molecular weight excluding hydrogens is 442 g/mol. The molecular formula is C23H27N5O4S. The maximum absolute atomic E-state index is 13.4. The number of urea groups is 1. The third-order valence-corrected chi connectivity index (χ3v) is 7.96. The Morgan fingerprint density at radius 2 is 1.82 bits per heavy atom. The lowest BCUT2D eigenvalue weighted by molar-refractivity contribution is -0.131. The summed E-state index contributed by atoms with van der Waals surface area (Å²) in [7, 11) is -0.672. The molecule has 33 heavy (non-hydrogen) atoms. The monoisotopic (exact) mass is 469 g/mol. The highest BCUT2D eigenvalue weighted by molar-refractivity contribution is 7.89. The smallest absolute Gasteiger partial charge is 0.325 e. The largest absolute Gasteiger partial charge is 0.327 e. The summed E-state index contributed by atoms with van der Waals surface area (Å²) in [6.45, 7) is 6.06. The second-order valence-corrected chi connectivity index (χ2v) is 10.6. The molecule has 0 aliphatic carbocycles. The number of benzene rings is 2. The Morgan fingerprint density at radius 3 is 2.45 bits per heavy atom. The van der Waals surface area contributed by atoms with E-state index in [-0.39, 0.29) is 17.3 Å². The average molecular weight is 470 g/mol. The summed E-state index contributed by atoms with van der Waals surface area (Å²) in [6, 6.07) is 11.7. The summed E-state index contributed by atoms with van der Waals surface area (Å²) < 4.78 is 28.1. The van der Waals surface area contributed by atoms with Gasteiger partial charge in [0.1, 0.15) is 11.4 Å². The zero-order valence-electron chi connectivity index (χ0n) is 19.3. The summed E-state index contributed by atoms with van der Waals surface area (Å²) >= 11 is 0. The molecule has 4 rings (SSSR count). The number of nitrogens with zero attached hydrogens (tertiary/aromatic N) is 4. The van der Waals surface area contributed by atoms with Crippen molar-refractivity contribution in [3.63, 3.8) is 0 Å². The lowest BCUT2D eigenvalue weighted by Gasteiger charge is -2.24. The van der Waals surface area contributed by atoms with Crippen molar-refractivity contribution in [2.45, 2.75) is 44.3 Å². The van der Waals surface area contributed by atoms with E-state index in [2.05, 4.69) is 10.3 Å². The Balaban J connectivity index is 1.72. The summed E-state index contributed by atoms with van der Waals surface area (Å²) in [5.41, 5.74) is 1.71. The van der Waals surface area contributed by atoms with Crippen molar-refractivity contribution in [1.29, 1.82) is 0 Å². The first kappa shape index (κ1) is 22.9. The van der Waals surface area contributed by atoms with Gasteiger partial charge in [0.2, 0.25) is 10.0 Å². The van der Waals surface area contributed by atoms with Gasteiger partial charge < -0.3 is 9.88 Å². The highest BCUT2D eigenvalue weighted by atomic mass is 32.2. The van der Waals surface area contributed by atoms with Gasteiger partial charge in [-0.1, -0.05) is 24.3 Å². The molecule has 0 spiro atoms. The predicted octanol–water partition coefficient (Wildman–Crippen LogP) is 2.58. The second-order valence-electron chi connectivity index (χ2n) is 8.47.